The van der Waals surface area contributed by atoms with Crippen molar-refractivity contribution in [3.8, 4) is 5.75 Å². The summed E-state index contributed by atoms with van der Waals surface area (Å²) in [6.45, 7) is 4.46. The van der Waals surface area contributed by atoms with E-state index in [0.717, 1.165) is 18.8 Å². The average molecular weight is 463 g/mol. The van der Waals surface area contributed by atoms with E-state index in [9.17, 15) is 13.2 Å². The number of sulfonamides is 1. The Bertz CT molecular complexity index is 1080. The maximum Gasteiger partial charge on any atom is 0.252 e. The molecule has 172 valence electrons. The largest absolute Gasteiger partial charge is 0.496 e. The van der Waals surface area contributed by atoms with Crippen LogP contribution in [0.5, 0.6) is 5.75 Å². The minimum Gasteiger partial charge on any atom is -0.496 e. The lowest BCUT2D eigenvalue weighted by molar-refractivity contribution is 0.0997. The van der Waals surface area contributed by atoms with Crippen LogP contribution in [0.25, 0.3) is 0 Å². The molecule has 0 radical (unpaired) electrons. The van der Waals surface area contributed by atoms with Gasteiger partial charge in [-0.2, -0.15) is 9.40 Å². The zero-order valence-electron chi connectivity index (χ0n) is 17.8. The molecule has 2 aliphatic heterocycles. The Morgan fingerprint density at radius 3 is 2.44 bits per heavy atom. The fourth-order valence-electron chi connectivity index (χ4n) is 3.84. The average Bonchev–Trinajstić information content (AvgIpc) is 2.84. The monoisotopic (exact) mass is 462 g/mol. The predicted molar refractivity (Wildman–Crippen MR) is 118 cm³/mol. The lowest BCUT2D eigenvalue weighted by Crippen LogP contribution is -2.49. The van der Waals surface area contributed by atoms with Gasteiger partial charge in [0.05, 0.1) is 42.7 Å². The van der Waals surface area contributed by atoms with E-state index >= 15 is 0 Å². The number of carbonyl (C=O) groups is 1. The van der Waals surface area contributed by atoms with Crippen LogP contribution in [-0.4, -0.2) is 88.4 Å². The highest BCUT2D eigenvalue weighted by atomic mass is 32.2. The molecule has 0 atom stereocenters. The maximum absolute atomic E-state index is 13.1. The van der Waals surface area contributed by atoms with Crippen molar-refractivity contribution in [1.82, 2.24) is 14.5 Å². The predicted octanol–water partition coefficient (Wildman–Crippen LogP) is -0.0684. The molecule has 0 aliphatic carbocycles. The number of anilines is 2. The van der Waals surface area contributed by atoms with E-state index in [0.29, 0.717) is 32.1 Å². The van der Waals surface area contributed by atoms with Gasteiger partial charge >= 0.3 is 0 Å². The summed E-state index contributed by atoms with van der Waals surface area (Å²) in [4.78, 5) is 15.9. The third-order valence-electron chi connectivity index (χ3n) is 5.64. The molecule has 2 saturated heterocycles. The summed E-state index contributed by atoms with van der Waals surface area (Å²) >= 11 is 0. The van der Waals surface area contributed by atoms with Crippen molar-refractivity contribution >= 4 is 27.4 Å². The Morgan fingerprint density at radius 2 is 1.78 bits per heavy atom. The summed E-state index contributed by atoms with van der Waals surface area (Å²) in [7, 11) is -2.39. The van der Waals surface area contributed by atoms with Crippen molar-refractivity contribution in [1.29, 1.82) is 0 Å². The van der Waals surface area contributed by atoms with Crippen molar-refractivity contribution in [3.05, 3.63) is 36.0 Å². The Labute approximate surface area is 186 Å². The molecular weight excluding hydrogens is 436 g/mol. The summed E-state index contributed by atoms with van der Waals surface area (Å²) in [5.74, 6) is 0.203. The lowest BCUT2D eigenvalue weighted by Gasteiger charge is -2.35. The molecule has 2 aromatic rings. The van der Waals surface area contributed by atoms with Crippen LogP contribution in [0.2, 0.25) is 0 Å². The number of nitrogens with zero attached hydrogens (tertiary/aromatic N) is 5. The summed E-state index contributed by atoms with van der Waals surface area (Å²) < 4.78 is 38.2. The highest BCUT2D eigenvalue weighted by Gasteiger charge is 2.30. The SMILES string of the molecule is COc1ccc(S(=O)(=O)N2CCN(c3cc(N4CCOCC4)cnn3)CC2)cc1C(N)=O. The van der Waals surface area contributed by atoms with Gasteiger partial charge in [0.15, 0.2) is 5.82 Å². The maximum atomic E-state index is 13.1. The van der Waals surface area contributed by atoms with Crippen molar-refractivity contribution in [2.24, 2.45) is 5.73 Å². The molecule has 0 spiro atoms. The van der Waals surface area contributed by atoms with Crippen molar-refractivity contribution in [2.75, 3.05) is 69.4 Å². The van der Waals surface area contributed by atoms with Gasteiger partial charge in [0.2, 0.25) is 10.0 Å². The molecule has 2 N–H and O–H groups in total. The normalized spacial score (nSPS) is 17.9. The Balaban J connectivity index is 1.47. The molecule has 0 bridgehead atoms. The molecule has 2 fully saturated rings. The van der Waals surface area contributed by atoms with Gasteiger partial charge in [0.25, 0.3) is 5.91 Å². The number of benzene rings is 1. The first kappa shape index (κ1) is 22.2. The van der Waals surface area contributed by atoms with Crippen LogP contribution in [0, 0.1) is 0 Å². The van der Waals surface area contributed by atoms with E-state index in [-0.39, 0.29) is 29.3 Å². The molecule has 1 aromatic carbocycles. The smallest absolute Gasteiger partial charge is 0.252 e. The van der Waals surface area contributed by atoms with E-state index in [1.807, 2.05) is 11.0 Å². The quantitative estimate of drug-likeness (QED) is 0.627. The number of piperazine rings is 1. The van der Waals surface area contributed by atoms with E-state index in [1.54, 1.807) is 6.20 Å². The number of hydrogen-bond acceptors (Lipinski definition) is 9. The van der Waals surface area contributed by atoms with Crippen molar-refractivity contribution in [3.63, 3.8) is 0 Å². The Kier molecular flexibility index (Phi) is 6.44. The lowest BCUT2D eigenvalue weighted by atomic mass is 10.2. The molecular formula is C20H26N6O5S. The topological polar surface area (TPSA) is 131 Å². The molecule has 3 heterocycles. The summed E-state index contributed by atoms with van der Waals surface area (Å²) in [5.41, 5.74) is 6.38. The number of aromatic nitrogens is 2. The fourth-order valence-corrected chi connectivity index (χ4v) is 5.29. The Morgan fingerprint density at radius 1 is 1.06 bits per heavy atom. The number of amides is 1. The van der Waals surface area contributed by atoms with Crippen molar-refractivity contribution in [2.45, 2.75) is 4.90 Å². The van der Waals surface area contributed by atoms with Gasteiger partial charge in [-0.1, -0.05) is 0 Å². The molecule has 32 heavy (non-hydrogen) atoms. The second kappa shape index (κ2) is 9.27. The summed E-state index contributed by atoms with van der Waals surface area (Å²) in [6.07, 6.45) is 1.73. The number of carbonyl (C=O) groups excluding carboxylic acids is 1. The van der Waals surface area contributed by atoms with Crippen LogP contribution >= 0.6 is 0 Å². The van der Waals surface area contributed by atoms with E-state index in [2.05, 4.69) is 15.1 Å². The first-order chi connectivity index (χ1) is 15.4. The minimum absolute atomic E-state index is 0.00894. The van der Waals surface area contributed by atoms with E-state index in [1.165, 1.54) is 29.6 Å². The highest BCUT2D eigenvalue weighted by molar-refractivity contribution is 7.89. The zero-order chi connectivity index (χ0) is 22.7. The molecule has 1 aromatic heterocycles. The van der Waals surface area contributed by atoms with E-state index < -0.39 is 15.9 Å². The first-order valence-corrected chi connectivity index (χ1v) is 11.7. The minimum atomic E-state index is -3.79. The van der Waals surface area contributed by atoms with Crippen molar-refractivity contribution < 1.29 is 22.7 Å². The van der Waals surface area contributed by atoms with Gasteiger partial charge in [-0.25, -0.2) is 8.42 Å². The van der Waals surface area contributed by atoms with Crippen LogP contribution in [0.4, 0.5) is 11.5 Å². The fraction of sp³-hybridized carbons (Fsp3) is 0.450. The number of nitrogens with two attached hydrogens (primary N) is 1. The van der Waals surface area contributed by atoms with Crippen LogP contribution in [0.15, 0.2) is 35.4 Å². The number of hydrogen-bond donors (Lipinski definition) is 1. The molecule has 11 nitrogen and oxygen atoms in total. The molecule has 1 amide bonds. The molecule has 4 rings (SSSR count). The van der Waals surface area contributed by atoms with Crippen LogP contribution in [0.3, 0.4) is 0 Å². The zero-order valence-corrected chi connectivity index (χ0v) is 18.6. The van der Waals surface area contributed by atoms with Crippen LogP contribution in [-0.2, 0) is 14.8 Å². The van der Waals surface area contributed by atoms with Gasteiger partial charge in [-0.05, 0) is 18.2 Å². The van der Waals surface area contributed by atoms with Crippen LogP contribution in [0.1, 0.15) is 10.4 Å². The number of primary amides is 1. The highest BCUT2D eigenvalue weighted by Crippen LogP contribution is 2.26. The second-order valence-electron chi connectivity index (χ2n) is 7.49. The molecule has 12 heteroatoms. The third-order valence-corrected chi connectivity index (χ3v) is 7.53. The first-order valence-electron chi connectivity index (χ1n) is 10.3. The van der Waals surface area contributed by atoms with Gasteiger partial charge < -0.3 is 25.0 Å². The second-order valence-corrected chi connectivity index (χ2v) is 9.43. The number of ether oxygens (including phenoxy) is 2. The van der Waals surface area contributed by atoms with E-state index in [4.69, 9.17) is 15.2 Å². The van der Waals surface area contributed by atoms with Crippen LogP contribution < -0.4 is 20.3 Å². The summed E-state index contributed by atoms with van der Waals surface area (Å²) in [5, 5.41) is 8.37. The Hall–Kier alpha value is -2.96. The van der Waals surface area contributed by atoms with Gasteiger partial charge in [0.1, 0.15) is 5.75 Å². The summed E-state index contributed by atoms with van der Waals surface area (Å²) in [6, 6.07) is 6.10. The van der Waals surface area contributed by atoms with Gasteiger partial charge in [-0.15, -0.1) is 5.10 Å². The molecule has 0 unspecified atom stereocenters. The number of morpholine rings is 1. The third kappa shape index (κ3) is 4.47. The number of methoxy groups -OCH3 is 1. The molecule has 0 saturated carbocycles. The number of rotatable bonds is 6. The van der Waals surface area contributed by atoms with Gasteiger partial charge in [-0.3, -0.25) is 4.79 Å². The van der Waals surface area contributed by atoms with Gasteiger partial charge in [0, 0.05) is 45.3 Å². The standard InChI is InChI=1S/C20H26N6O5S/c1-30-18-3-2-16(13-17(18)20(21)27)32(28,29)26-6-4-25(5-7-26)19-12-15(14-22-23-19)24-8-10-31-11-9-24/h2-3,12-14H,4-11H2,1H3,(H2,21,27). The molecule has 2 aliphatic rings.